The normalized spacial score (nSPS) is 16.8. The number of pyridine rings is 1. The zero-order valence-corrected chi connectivity index (χ0v) is 45.4. The molecule has 25 heteroatoms. The van der Waals surface area contributed by atoms with Gasteiger partial charge in [-0.3, -0.25) is 33.9 Å². The van der Waals surface area contributed by atoms with Crippen molar-refractivity contribution in [2.75, 3.05) is 21.7 Å². The van der Waals surface area contributed by atoms with Crippen LogP contribution in [0.4, 0.5) is 52.2 Å². The number of aryl methyl sites for hydroxylation is 1. The molecule has 6 aromatic rings. The van der Waals surface area contributed by atoms with E-state index in [0.29, 0.717) is 28.7 Å². The van der Waals surface area contributed by atoms with E-state index in [1.165, 1.54) is 60.4 Å². The van der Waals surface area contributed by atoms with E-state index < -0.39 is 121 Å². The lowest BCUT2D eigenvalue weighted by molar-refractivity contribution is -0.144. The van der Waals surface area contributed by atoms with Crippen LogP contribution in [0.3, 0.4) is 0 Å². The minimum atomic E-state index is -5.36. The highest BCUT2D eigenvalue weighted by Gasteiger charge is 2.52. The predicted molar refractivity (Wildman–Crippen MR) is 287 cm³/mol. The Balaban J connectivity index is 0.915. The Morgan fingerprint density at radius 1 is 0.914 bits per heavy atom. The molecule has 2 saturated heterocycles. The summed E-state index contributed by atoms with van der Waals surface area (Å²) in [7, 11) is 0. The van der Waals surface area contributed by atoms with Gasteiger partial charge >= 0.3 is 12.4 Å². The number of thiazole rings is 1. The van der Waals surface area contributed by atoms with Crippen LogP contribution >= 0.6 is 23.6 Å². The fourth-order valence-electron chi connectivity index (χ4n) is 9.52. The molecule has 3 atom stereocenters. The van der Waals surface area contributed by atoms with Crippen molar-refractivity contribution < 1.29 is 64.2 Å². The molecule has 5 amide bonds. The van der Waals surface area contributed by atoms with Crippen LogP contribution < -0.4 is 25.8 Å². The van der Waals surface area contributed by atoms with E-state index in [1.807, 2.05) is 31.2 Å². The lowest BCUT2D eigenvalue weighted by atomic mass is 9.85. The van der Waals surface area contributed by atoms with Crippen LogP contribution in [-0.4, -0.2) is 84.9 Å². The zero-order valence-electron chi connectivity index (χ0n) is 43.8. The van der Waals surface area contributed by atoms with E-state index in [4.69, 9.17) is 12.2 Å². The molecule has 0 unspecified atom stereocenters. The first-order valence-electron chi connectivity index (χ1n) is 24.7. The molecule has 0 spiro atoms. The fraction of sp³-hybridized carbons (Fsp3) is 0.304. The van der Waals surface area contributed by atoms with Crippen LogP contribution in [-0.2, 0) is 44.5 Å². The van der Waals surface area contributed by atoms with Crippen molar-refractivity contribution in [3.8, 4) is 27.8 Å². The Hall–Kier alpha value is -8.21. The van der Waals surface area contributed by atoms with Gasteiger partial charge in [0.25, 0.3) is 11.8 Å². The number of anilines is 3. The molecule has 4 aromatic carbocycles. The number of alkyl halides is 6. The van der Waals surface area contributed by atoms with E-state index in [0.717, 1.165) is 51.0 Å². The largest absolute Gasteiger partial charge is 0.420 e. The molecule has 0 aliphatic carbocycles. The molecule has 0 saturated carbocycles. The van der Waals surface area contributed by atoms with Crippen molar-refractivity contribution in [2.24, 2.45) is 5.41 Å². The highest BCUT2D eigenvalue weighted by Crippen LogP contribution is 2.44. The summed E-state index contributed by atoms with van der Waals surface area (Å²) >= 11 is 6.90. The second-order valence-electron chi connectivity index (χ2n) is 20.8. The number of amides is 5. The third kappa shape index (κ3) is 12.1. The number of aromatic nitrogens is 2. The van der Waals surface area contributed by atoms with Gasteiger partial charge in [0.05, 0.1) is 63.4 Å². The lowest BCUT2D eigenvalue weighted by Crippen LogP contribution is -2.58. The van der Waals surface area contributed by atoms with Crippen molar-refractivity contribution >= 4 is 75.3 Å². The van der Waals surface area contributed by atoms with Gasteiger partial charge in [0, 0.05) is 42.4 Å². The average molecular weight is 1160 g/mol. The second kappa shape index (κ2) is 22.4. The van der Waals surface area contributed by atoms with E-state index in [1.54, 1.807) is 26.3 Å². The number of nitrogens with one attached hydrogen (secondary N) is 3. The van der Waals surface area contributed by atoms with Crippen molar-refractivity contribution in [1.82, 2.24) is 25.5 Å². The van der Waals surface area contributed by atoms with Crippen LogP contribution in [0.25, 0.3) is 21.7 Å². The van der Waals surface area contributed by atoms with Gasteiger partial charge in [-0.2, -0.15) is 31.6 Å². The maximum absolute atomic E-state index is 16.1. The van der Waals surface area contributed by atoms with Crippen molar-refractivity contribution in [3.63, 3.8) is 0 Å². The summed E-state index contributed by atoms with van der Waals surface area (Å²) in [5.41, 5.74) is -5.63. The second-order valence-corrected chi connectivity index (χ2v) is 22.0. The first-order valence-corrected chi connectivity index (χ1v) is 26.0. The molecule has 2 aliphatic rings. The molecular formula is C56H49F8N9O6S2. The summed E-state index contributed by atoms with van der Waals surface area (Å²) in [5, 5.41) is 27.2. The van der Waals surface area contributed by atoms with E-state index in [2.05, 4.69) is 25.9 Å². The predicted octanol–water partition coefficient (Wildman–Crippen LogP) is 9.89. The van der Waals surface area contributed by atoms with Crippen LogP contribution in [0, 0.1) is 35.3 Å². The van der Waals surface area contributed by atoms with E-state index >= 15 is 8.78 Å². The number of carbonyl (C=O) groups is 5. The van der Waals surface area contributed by atoms with Crippen molar-refractivity contribution in [1.29, 1.82) is 5.26 Å². The van der Waals surface area contributed by atoms with Gasteiger partial charge in [0.15, 0.2) is 16.7 Å². The highest BCUT2D eigenvalue weighted by molar-refractivity contribution is 7.81. The summed E-state index contributed by atoms with van der Waals surface area (Å²) in [6.07, 6.45) is -10.9. The quantitative estimate of drug-likeness (QED) is 0.0634. The minimum Gasteiger partial charge on any atom is -0.391 e. The number of benzene rings is 4. The Labute approximate surface area is 467 Å². The molecule has 8 rings (SSSR count). The SMILES string of the molecule is Cc1ncsc1-c1ccc(CNC(=O)[C@@H]2C[C@@H](O)CN2C(=O)[C@@H](NC(=O)Cc2ccc(C(=O)Nc3ccc(-c4ncc(N5C(=S)N(c6ccc(C#N)c(C(F)(F)F)c6F)C(=O)C5(C)C)cc4F)c(C(F)(F)F)c3)cc2)C(C)(C)C)cc1. The molecule has 422 valence electrons. The molecule has 0 radical (unpaired) electrons. The zero-order chi connectivity index (χ0) is 59.3. The Kier molecular flexibility index (Phi) is 16.3. The topological polar surface area (TPSA) is 201 Å². The summed E-state index contributed by atoms with van der Waals surface area (Å²) < 4.78 is 117. The monoisotopic (exact) mass is 1160 g/mol. The number of hydrogen-bond donors (Lipinski definition) is 4. The minimum absolute atomic E-state index is 0.0185. The number of rotatable bonds is 13. The number of aliphatic hydroxyl groups is 1. The third-order valence-electron chi connectivity index (χ3n) is 13.6. The smallest absolute Gasteiger partial charge is 0.391 e. The number of halogens is 8. The maximum Gasteiger partial charge on any atom is 0.420 e. The average Bonchev–Trinajstić information content (AvgIpc) is 2.77. The maximum atomic E-state index is 16.1. The molecule has 2 fully saturated rings. The number of thiocarbonyl (C=S) groups is 1. The standard InChI is InChI=1S/C56H49F8N9O6S2/c1-28-46(81-27-68-28)31-11-9-30(10-12-31)24-67-49(77)41-22-36(74)26-71(41)50(78)47(53(2,3)4)70-42(75)19-29-7-13-32(14-8-29)48(76)69-34-16-17-37(38(20-34)55(59,60)61)45-39(57)21-35(25-66-45)73-52(80)72(51(79)54(73,5)6)40-18-15-33(23-65)43(44(40)58)56(62,63)64/h7-18,20-21,25,27,36,41,47,74H,19,22,24,26H2,1-6H3,(H,67,77)(H,69,76)(H,70,75)/t36-,41+,47-/m1/s1. The molecule has 2 aromatic heterocycles. The summed E-state index contributed by atoms with van der Waals surface area (Å²) in [6.45, 7) is 9.57. The van der Waals surface area contributed by atoms with Crippen LogP contribution in [0.5, 0.6) is 0 Å². The molecule has 4 N–H and O–H groups in total. The van der Waals surface area contributed by atoms with Gasteiger partial charge in [-0.05, 0) is 91.5 Å². The highest BCUT2D eigenvalue weighted by atomic mass is 32.1. The van der Waals surface area contributed by atoms with Crippen LogP contribution in [0.1, 0.15) is 84.9 Å². The van der Waals surface area contributed by atoms with Crippen LogP contribution in [0.15, 0.2) is 96.6 Å². The van der Waals surface area contributed by atoms with Gasteiger partial charge < -0.3 is 30.9 Å². The Morgan fingerprint density at radius 2 is 1.58 bits per heavy atom. The number of β-amino-alcohol motifs (C(OH)–C–C–N with tert-alkyl or cyclic N) is 1. The first-order chi connectivity index (χ1) is 37.9. The van der Waals surface area contributed by atoms with E-state index in [-0.39, 0.29) is 42.9 Å². The number of aliphatic hydroxyl groups excluding tert-OH is 1. The number of hydrogen-bond acceptors (Lipinski definition) is 11. The summed E-state index contributed by atoms with van der Waals surface area (Å²) in [6, 6.07) is 16.7. The van der Waals surface area contributed by atoms with Crippen molar-refractivity contribution in [2.45, 2.75) is 97.0 Å². The lowest BCUT2D eigenvalue weighted by Gasteiger charge is -2.35. The van der Waals surface area contributed by atoms with Gasteiger partial charge in [0.2, 0.25) is 17.7 Å². The van der Waals surface area contributed by atoms with Gasteiger partial charge in [-0.15, -0.1) is 11.3 Å². The molecule has 4 heterocycles. The number of likely N-dealkylation sites (tertiary alicyclic amines) is 1. The number of nitriles is 1. The molecule has 15 nitrogen and oxygen atoms in total. The Bertz CT molecular complexity index is 3540. The van der Waals surface area contributed by atoms with Gasteiger partial charge in [-0.1, -0.05) is 63.2 Å². The van der Waals surface area contributed by atoms with Gasteiger partial charge in [-0.25, -0.2) is 13.8 Å². The number of carbonyl (C=O) groups excluding carboxylic acids is 5. The molecule has 2 aliphatic heterocycles. The van der Waals surface area contributed by atoms with E-state index in [9.17, 15) is 60.7 Å². The summed E-state index contributed by atoms with van der Waals surface area (Å²) in [5.74, 6) is -6.94. The number of nitrogens with zero attached hydrogens (tertiary/aromatic N) is 6. The van der Waals surface area contributed by atoms with Gasteiger partial charge in [0.1, 0.15) is 28.9 Å². The molecular weight excluding hydrogens is 1110 g/mol. The third-order valence-corrected chi connectivity index (χ3v) is 15.0. The fourth-order valence-corrected chi connectivity index (χ4v) is 10.8. The van der Waals surface area contributed by atoms with Crippen molar-refractivity contribution in [3.05, 3.63) is 147 Å². The molecule has 0 bridgehead atoms. The summed E-state index contributed by atoms with van der Waals surface area (Å²) in [4.78, 5) is 80.1. The Morgan fingerprint density at radius 3 is 2.17 bits per heavy atom. The first kappa shape index (κ1) is 58.9. The molecule has 81 heavy (non-hydrogen) atoms. The van der Waals surface area contributed by atoms with Crippen LogP contribution in [0.2, 0.25) is 0 Å².